The first-order valence-corrected chi connectivity index (χ1v) is 7.98. The first-order valence-electron chi connectivity index (χ1n) is 7.98. The third kappa shape index (κ3) is 3.76. The summed E-state index contributed by atoms with van der Waals surface area (Å²) in [6.45, 7) is 0. The minimum absolute atomic E-state index is 0.00154. The summed E-state index contributed by atoms with van der Waals surface area (Å²) in [5.41, 5.74) is 6.63. The third-order valence-electron chi connectivity index (χ3n) is 4.60. The molecule has 0 bridgehead atoms. The van der Waals surface area contributed by atoms with Gasteiger partial charge in [0.05, 0.1) is 6.10 Å². The van der Waals surface area contributed by atoms with Crippen molar-refractivity contribution in [2.45, 2.75) is 63.0 Å². The second-order valence-corrected chi connectivity index (χ2v) is 6.49. The molecule has 1 amide bonds. The Bertz CT molecular complexity index is 488. The molecule has 0 spiro atoms. The lowest BCUT2D eigenvalue weighted by Gasteiger charge is -2.37. The number of anilines is 1. The van der Waals surface area contributed by atoms with E-state index in [9.17, 15) is 4.79 Å². The SMILES string of the molecule is NC1(CC(=O)Nc2ccc(OC3CCCC3)cc2)CCC1. The summed E-state index contributed by atoms with van der Waals surface area (Å²) in [4.78, 5) is 12.0. The van der Waals surface area contributed by atoms with Crippen LogP contribution >= 0.6 is 0 Å². The molecule has 21 heavy (non-hydrogen) atoms. The van der Waals surface area contributed by atoms with Crippen LogP contribution in [0.25, 0.3) is 0 Å². The number of hydrogen-bond acceptors (Lipinski definition) is 3. The molecular weight excluding hydrogens is 264 g/mol. The van der Waals surface area contributed by atoms with Crippen molar-refractivity contribution < 1.29 is 9.53 Å². The Balaban J connectivity index is 1.50. The van der Waals surface area contributed by atoms with Gasteiger partial charge in [-0.05, 0) is 69.2 Å². The van der Waals surface area contributed by atoms with Crippen LogP contribution in [-0.2, 0) is 4.79 Å². The van der Waals surface area contributed by atoms with Gasteiger partial charge in [0.15, 0.2) is 0 Å². The van der Waals surface area contributed by atoms with Crippen LogP contribution in [0.2, 0.25) is 0 Å². The van der Waals surface area contributed by atoms with E-state index in [2.05, 4.69) is 5.32 Å². The Morgan fingerprint density at radius 2 is 1.86 bits per heavy atom. The maximum atomic E-state index is 12.0. The van der Waals surface area contributed by atoms with Gasteiger partial charge < -0.3 is 15.8 Å². The smallest absolute Gasteiger partial charge is 0.226 e. The second-order valence-electron chi connectivity index (χ2n) is 6.49. The van der Waals surface area contributed by atoms with E-state index < -0.39 is 0 Å². The van der Waals surface area contributed by atoms with Gasteiger partial charge in [-0.1, -0.05) is 0 Å². The van der Waals surface area contributed by atoms with Gasteiger partial charge in [0.25, 0.3) is 0 Å². The number of benzene rings is 1. The highest BCUT2D eigenvalue weighted by atomic mass is 16.5. The van der Waals surface area contributed by atoms with E-state index in [1.165, 1.54) is 12.8 Å². The van der Waals surface area contributed by atoms with Crippen LogP contribution in [0.15, 0.2) is 24.3 Å². The lowest BCUT2D eigenvalue weighted by atomic mass is 9.75. The van der Waals surface area contributed by atoms with Crippen LogP contribution in [0.5, 0.6) is 5.75 Å². The van der Waals surface area contributed by atoms with Crippen molar-refractivity contribution in [3.05, 3.63) is 24.3 Å². The molecule has 0 heterocycles. The molecule has 3 rings (SSSR count). The zero-order valence-electron chi connectivity index (χ0n) is 12.4. The first kappa shape index (κ1) is 14.4. The number of rotatable bonds is 5. The van der Waals surface area contributed by atoms with Crippen molar-refractivity contribution in [3.63, 3.8) is 0 Å². The molecule has 0 aliphatic heterocycles. The lowest BCUT2D eigenvalue weighted by Crippen LogP contribution is -2.48. The molecule has 3 N–H and O–H groups in total. The molecule has 2 fully saturated rings. The van der Waals surface area contributed by atoms with Gasteiger partial charge in [0.2, 0.25) is 5.91 Å². The fraction of sp³-hybridized carbons (Fsp3) is 0.588. The summed E-state index contributed by atoms with van der Waals surface area (Å²) in [5.74, 6) is 0.885. The lowest BCUT2D eigenvalue weighted by molar-refractivity contribution is -0.118. The quantitative estimate of drug-likeness (QED) is 0.874. The van der Waals surface area contributed by atoms with E-state index >= 15 is 0 Å². The number of hydrogen-bond donors (Lipinski definition) is 2. The van der Waals surface area contributed by atoms with Gasteiger partial charge >= 0.3 is 0 Å². The van der Waals surface area contributed by atoms with Crippen LogP contribution < -0.4 is 15.8 Å². The third-order valence-corrected chi connectivity index (χ3v) is 4.60. The number of nitrogens with one attached hydrogen (secondary N) is 1. The summed E-state index contributed by atoms with van der Waals surface area (Å²) < 4.78 is 5.91. The van der Waals surface area contributed by atoms with Crippen molar-refractivity contribution in [1.82, 2.24) is 0 Å². The molecule has 2 saturated carbocycles. The minimum Gasteiger partial charge on any atom is -0.490 e. The molecule has 1 aromatic rings. The van der Waals surface area contributed by atoms with Gasteiger partial charge in [-0.15, -0.1) is 0 Å². The first-order chi connectivity index (χ1) is 10.1. The van der Waals surface area contributed by atoms with Crippen molar-refractivity contribution in [1.29, 1.82) is 0 Å². The Kier molecular flexibility index (Phi) is 4.15. The molecule has 4 nitrogen and oxygen atoms in total. The molecule has 0 unspecified atom stereocenters. The van der Waals surface area contributed by atoms with E-state index in [1.807, 2.05) is 24.3 Å². The van der Waals surface area contributed by atoms with Gasteiger partial charge in [-0.3, -0.25) is 4.79 Å². The zero-order valence-corrected chi connectivity index (χ0v) is 12.4. The number of carbonyl (C=O) groups excluding carboxylic acids is 1. The largest absolute Gasteiger partial charge is 0.490 e. The van der Waals surface area contributed by atoms with Crippen LogP contribution in [-0.4, -0.2) is 17.6 Å². The van der Waals surface area contributed by atoms with Crippen LogP contribution in [0.3, 0.4) is 0 Å². The Hall–Kier alpha value is -1.55. The van der Waals surface area contributed by atoms with Crippen LogP contribution in [0.4, 0.5) is 5.69 Å². The van der Waals surface area contributed by atoms with E-state index in [0.29, 0.717) is 12.5 Å². The summed E-state index contributed by atoms with van der Waals surface area (Å²) in [6, 6.07) is 7.64. The summed E-state index contributed by atoms with van der Waals surface area (Å²) in [7, 11) is 0. The molecule has 2 aliphatic rings. The summed E-state index contributed by atoms with van der Waals surface area (Å²) in [6.07, 6.45) is 8.64. The summed E-state index contributed by atoms with van der Waals surface area (Å²) >= 11 is 0. The van der Waals surface area contributed by atoms with E-state index in [0.717, 1.165) is 43.5 Å². The molecule has 0 saturated heterocycles. The minimum atomic E-state index is -0.268. The Morgan fingerprint density at radius 1 is 1.19 bits per heavy atom. The average molecular weight is 288 g/mol. The van der Waals surface area contributed by atoms with Crippen molar-refractivity contribution in [2.24, 2.45) is 5.73 Å². The number of nitrogens with two attached hydrogens (primary N) is 1. The highest BCUT2D eigenvalue weighted by molar-refractivity contribution is 5.91. The topological polar surface area (TPSA) is 64.4 Å². The molecule has 2 aliphatic carbocycles. The predicted molar refractivity (Wildman–Crippen MR) is 83.3 cm³/mol. The normalized spacial score (nSPS) is 20.8. The maximum Gasteiger partial charge on any atom is 0.226 e. The van der Waals surface area contributed by atoms with Gasteiger partial charge in [0, 0.05) is 17.6 Å². The standard InChI is InChI=1S/C17H24N2O2/c18-17(10-3-11-17)12-16(20)19-13-6-8-15(9-7-13)21-14-4-1-2-5-14/h6-9,14H,1-5,10-12,18H2,(H,19,20). The monoisotopic (exact) mass is 288 g/mol. The van der Waals surface area contributed by atoms with Gasteiger partial charge in [-0.2, -0.15) is 0 Å². The van der Waals surface area contributed by atoms with Gasteiger partial charge in [-0.25, -0.2) is 0 Å². The predicted octanol–water partition coefficient (Wildman–Crippen LogP) is 3.22. The maximum absolute atomic E-state index is 12.0. The molecular formula is C17H24N2O2. The molecule has 4 heteroatoms. The molecule has 114 valence electrons. The Labute approximate surface area is 126 Å². The van der Waals surface area contributed by atoms with Crippen molar-refractivity contribution in [3.8, 4) is 5.75 Å². The fourth-order valence-electron chi connectivity index (χ4n) is 3.15. The van der Waals surface area contributed by atoms with E-state index in [-0.39, 0.29) is 11.4 Å². The molecule has 0 radical (unpaired) electrons. The van der Waals surface area contributed by atoms with Crippen molar-refractivity contribution in [2.75, 3.05) is 5.32 Å². The van der Waals surface area contributed by atoms with E-state index in [1.54, 1.807) is 0 Å². The zero-order chi connectivity index (χ0) is 14.7. The van der Waals surface area contributed by atoms with Crippen LogP contribution in [0.1, 0.15) is 51.4 Å². The second kappa shape index (κ2) is 6.06. The number of amides is 1. The fourth-order valence-corrected chi connectivity index (χ4v) is 3.15. The number of ether oxygens (including phenoxy) is 1. The Morgan fingerprint density at radius 3 is 2.43 bits per heavy atom. The number of carbonyl (C=O) groups is 1. The average Bonchev–Trinajstić information content (AvgIpc) is 2.92. The highest BCUT2D eigenvalue weighted by Gasteiger charge is 2.34. The van der Waals surface area contributed by atoms with Gasteiger partial charge in [0.1, 0.15) is 5.75 Å². The molecule has 0 atom stereocenters. The molecule has 1 aromatic carbocycles. The van der Waals surface area contributed by atoms with Crippen molar-refractivity contribution >= 4 is 11.6 Å². The highest BCUT2D eigenvalue weighted by Crippen LogP contribution is 2.32. The van der Waals surface area contributed by atoms with E-state index in [4.69, 9.17) is 10.5 Å². The van der Waals surface area contributed by atoms with Crippen LogP contribution in [0, 0.1) is 0 Å². The summed E-state index contributed by atoms with van der Waals surface area (Å²) in [5, 5.41) is 2.91. The molecule has 0 aromatic heterocycles.